The van der Waals surface area contributed by atoms with E-state index in [-0.39, 0.29) is 12.3 Å². The van der Waals surface area contributed by atoms with Gasteiger partial charge in [-0.25, -0.2) is 9.07 Å². The first-order chi connectivity index (χ1) is 19.9. The van der Waals surface area contributed by atoms with E-state index in [1.807, 2.05) is 48.5 Å². The fraction of sp³-hybridized carbons (Fsp3) is 0.0625. The second-order valence-electron chi connectivity index (χ2n) is 9.50. The van der Waals surface area contributed by atoms with Crippen LogP contribution in [0.5, 0.6) is 5.75 Å². The van der Waals surface area contributed by atoms with Gasteiger partial charge in [0.25, 0.3) is 5.91 Å². The maximum Gasteiger partial charge on any atom is 0.307 e. The largest absolute Gasteiger partial charge is 0.496 e. The molecule has 9 heteroatoms. The number of carbonyl (C=O) groups is 2. The summed E-state index contributed by atoms with van der Waals surface area (Å²) in [6.07, 6.45) is 4.83. The lowest BCUT2D eigenvalue weighted by Crippen LogP contribution is -2.04. The van der Waals surface area contributed by atoms with Crippen molar-refractivity contribution in [1.29, 1.82) is 0 Å². The van der Waals surface area contributed by atoms with Gasteiger partial charge in [-0.3, -0.25) is 9.59 Å². The molecule has 2 N–H and O–H groups in total. The number of anilines is 1. The minimum absolute atomic E-state index is 0.222. The standard InChI is InChI=1S/C32H23FN4O4/c1-41-30-11-2-19(14-23(30)16-31(38)39)15-27-26-17-25(28(33)18-29(26)35-32(27)40)22-5-3-20(4-6-22)21-7-9-24(10-8-21)37-13-12-34-36-37/h2-15,17-18H,16H2,1H3,(H,35,40)(H,38,39). The molecule has 0 aliphatic carbocycles. The van der Waals surface area contributed by atoms with Gasteiger partial charge in [-0.15, -0.1) is 5.10 Å². The predicted molar refractivity (Wildman–Crippen MR) is 153 cm³/mol. The summed E-state index contributed by atoms with van der Waals surface area (Å²) < 4.78 is 22.2. The second-order valence-corrected chi connectivity index (χ2v) is 9.50. The number of fused-ring (bicyclic) bond motifs is 1. The maximum atomic E-state index is 15.2. The van der Waals surface area contributed by atoms with Gasteiger partial charge in [-0.1, -0.05) is 47.7 Å². The third kappa shape index (κ3) is 5.08. The summed E-state index contributed by atoms with van der Waals surface area (Å²) in [6, 6.07) is 23.5. The molecular weight excluding hydrogens is 523 g/mol. The Morgan fingerprint density at radius 2 is 1.68 bits per heavy atom. The van der Waals surface area contributed by atoms with E-state index < -0.39 is 11.8 Å². The minimum Gasteiger partial charge on any atom is -0.496 e. The number of carbonyl (C=O) groups excluding carboxylic acids is 1. The Hall–Kier alpha value is -5.57. The van der Waals surface area contributed by atoms with Crippen molar-refractivity contribution >= 4 is 29.2 Å². The number of rotatable bonds is 7. The lowest BCUT2D eigenvalue weighted by molar-refractivity contribution is -0.136. The van der Waals surface area contributed by atoms with Crippen molar-refractivity contribution in [2.75, 3.05) is 12.4 Å². The van der Waals surface area contributed by atoms with Crippen LogP contribution in [0.2, 0.25) is 0 Å². The highest BCUT2D eigenvalue weighted by atomic mass is 19.1. The molecular formula is C32H23FN4O4. The first-order valence-electron chi connectivity index (χ1n) is 12.7. The molecule has 1 amide bonds. The molecule has 1 aromatic heterocycles. The predicted octanol–water partition coefficient (Wildman–Crippen LogP) is 5.87. The Kier molecular flexibility index (Phi) is 6.60. The molecule has 41 heavy (non-hydrogen) atoms. The fourth-order valence-electron chi connectivity index (χ4n) is 4.93. The summed E-state index contributed by atoms with van der Waals surface area (Å²) in [4.78, 5) is 24.1. The van der Waals surface area contributed by atoms with E-state index in [1.54, 1.807) is 47.4 Å². The van der Waals surface area contributed by atoms with Gasteiger partial charge >= 0.3 is 5.97 Å². The third-order valence-corrected chi connectivity index (χ3v) is 6.93. The fourth-order valence-corrected chi connectivity index (χ4v) is 4.93. The monoisotopic (exact) mass is 546 g/mol. The molecule has 5 aromatic rings. The van der Waals surface area contributed by atoms with E-state index in [9.17, 15) is 14.7 Å². The Morgan fingerprint density at radius 1 is 0.976 bits per heavy atom. The lowest BCUT2D eigenvalue weighted by Gasteiger charge is -2.10. The van der Waals surface area contributed by atoms with Crippen molar-refractivity contribution in [3.63, 3.8) is 0 Å². The summed E-state index contributed by atoms with van der Waals surface area (Å²) in [5, 5.41) is 19.8. The number of methoxy groups -OCH3 is 1. The van der Waals surface area contributed by atoms with Gasteiger partial charge in [0.1, 0.15) is 11.6 Å². The highest BCUT2D eigenvalue weighted by Gasteiger charge is 2.26. The SMILES string of the molecule is COc1ccc(C=C2C(=O)Nc3cc(F)c(-c4ccc(-c5ccc(-n6ccnn6)cc5)cc4)cc32)cc1CC(=O)O. The van der Waals surface area contributed by atoms with Crippen molar-refractivity contribution in [1.82, 2.24) is 15.0 Å². The number of hydrogen-bond acceptors (Lipinski definition) is 5. The normalized spacial score (nSPS) is 13.2. The summed E-state index contributed by atoms with van der Waals surface area (Å²) in [6.45, 7) is 0. The molecule has 2 heterocycles. The smallest absolute Gasteiger partial charge is 0.307 e. The number of halogens is 1. The molecule has 0 saturated heterocycles. The number of benzene rings is 4. The Bertz CT molecular complexity index is 1810. The van der Waals surface area contributed by atoms with Crippen LogP contribution < -0.4 is 10.1 Å². The molecule has 0 saturated carbocycles. The van der Waals surface area contributed by atoms with Gasteiger partial charge in [0, 0.05) is 22.3 Å². The summed E-state index contributed by atoms with van der Waals surface area (Å²) in [7, 11) is 1.47. The molecule has 0 fully saturated rings. The molecule has 1 aliphatic heterocycles. The van der Waals surface area contributed by atoms with Crippen molar-refractivity contribution in [3.05, 3.63) is 114 Å². The first-order valence-corrected chi connectivity index (χ1v) is 12.7. The van der Waals surface area contributed by atoms with Crippen molar-refractivity contribution in [2.45, 2.75) is 6.42 Å². The highest BCUT2D eigenvalue weighted by molar-refractivity contribution is 6.35. The lowest BCUT2D eigenvalue weighted by atomic mass is 9.95. The van der Waals surface area contributed by atoms with Crippen LogP contribution in [0.4, 0.5) is 10.1 Å². The van der Waals surface area contributed by atoms with E-state index in [0.29, 0.717) is 44.8 Å². The number of carboxylic acid groups (broad SMARTS) is 1. The average Bonchev–Trinajstić information content (AvgIpc) is 3.61. The number of hydrogen-bond donors (Lipinski definition) is 2. The van der Waals surface area contributed by atoms with Gasteiger partial charge in [0.15, 0.2) is 0 Å². The van der Waals surface area contributed by atoms with E-state index in [4.69, 9.17) is 4.74 Å². The molecule has 8 nitrogen and oxygen atoms in total. The van der Waals surface area contributed by atoms with E-state index in [2.05, 4.69) is 15.6 Å². The van der Waals surface area contributed by atoms with E-state index in [1.165, 1.54) is 13.2 Å². The van der Waals surface area contributed by atoms with E-state index >= 15 is 4.39 Å². The van der Waals surface area contributed by atoms with Crippen LogP contribution in [0.25, 0.3) is 39.6 Å². The molecule has 0 spiro atoms. The number of amides is 1. The third-order valence-electron chi connectivity index (χ3n) is 6.93. The van der Waals surface area contributed by atoms with Gasteiger partial charge in [0.05, 0.1) is 37.3 Å². The average molecular weight is 547 g/mol. The molecule has 0 atom stereocenters. The molecule has 0 unspecified atom stereocenters. The van der Waals surface area contributed by atoms with Crippen LogP contribution in [0.1, 0.15) is 16.7 Å². The number of aromatic nitrogens is 3. The number of carboxylic acids is 1. The Morgan fingerprint density at radius 3 is 2.34 bits per heavy atom. The molecule has 0 radical (unpaired) electrons. The van der Waals surface area contributed by atoms with Crippen LogP contribution in [0.15, 0.2) is 91.3 Å². The highest BCUT2D eigenvalue weighted by Crippen LogP contribution is 2.39. The van der Waals surface area contributed by atoms with Crippen molar-refractivity contribution in [3.8, 4) is 33.7 Å². The molecule has 4 aromatic carbocycles. The van der Waals surface area contributed by atoms with Crippen LogP contribution in [-0.4, -0.2) is 39.1 Å². The number of nitrogens with zero attached hydrogens (tertiary/aromatic N) is 3. The summed E-state index contributed by atoms with van der Waals surface area (Å²) >= 11 is 0. The zero-order valence-electron chi connectivity index (χ0n) is 21.8. The topological polar surface area (TPSA) is 106 Å². The number of nitrogens with one attached hydrogen (secondary N) is 1. The minimum atomic E-state index is -0.994. The quantitative estimate of drug-likeness (QED) is 0.247. The zero-order chi connectivity index (χ0) is 28.5. The van der Waals surface area contributed by atoms with Gasteiger partial charge in [0.2, 0.25) is 0 Å². The van der Waals surface area contributed by atoms with Crippen molar-refractivity contribution < 1.29 is 23.8 Å². The Labute approximate surface area is 234 Å². The van der Waals surface area contributed by atoms with Crippen LogP contribution >= 0.6 is 0 Å². The number of ether oxygens (including phenoxy) is 1. The number of aliphatic carboxylic acids is 1. The zero-order valence-corrected chi connectivity index (χ0v) is 21.8. The molecule has 6 rings (SSSR count). The van der Waals surface area contributed by atoms with Crippen LogP contribution in [-0.2, 0) is 16.0 Å². The summed E-state index contributed by atoms with van der Waals surface area (Å²) in [5.74, 6) is -1.36. The summed E-state index contributed by atoms with van der Waals surface area (Å²) in [5.41, 5.74) is 6.30. The van der Waals surface area contributed by atoms with Gasteiger partial charge in [-0.2, -0.15) is 0 Å². The van der Waals surface area contributed by atoms with Gasteiger partial charge < -0.3 is 15.2 Å². The second kappa shape index (κ2) is 10.5. The first kappa shape index (κ1) is 25.7. The molecule has 0 bridgehead atoms. The molecule has 1 aliphatic rings. The van der Waals surface area contributed by atoms with E-state index in [0.717, 1.165) is 16.8 Å². The Balaban J connectivity index is 1.31. The van der Waals surface area contributed by atoms with Crippen LogP contribution in [0, 0.1) is 5.82 Å². The maximum absolute atomic E-state index is 15.2. The van der Waals surface area contributed by atoms with Crippen LogP contribution in [0.3, 0.4) is 0 Å². The molecule has 202 valence electrons. The van der Waals surface area contributed by atoms with Crippen molar-refractivity contribution in [2.24, 2.45) is 0 Å². The van der Waals surface area contributed by atoms with Gasteiger partial charge in [-0.05, 0) is 64.7 Å².